The van der Waals surface area contributed by atoms with E-state index in [4.69, 9.17) is 4.74 Å². The van der Waals surface area contributed by atoms with Gasteiger partial charge in [-0.05, 0) is 43.5 Å². The molecule has 0 amide bonds. The summed E-state index contributed by atoms with van der Waals surface area (Å²) in [4.78, 5) is 0. The van der Waals surface area contributed by atoms with Gasteiger partial charge < -0.3 is 9.84 Å². The van der Waals surface area contributed by atoms with Crippen LogP contribution in [-0.4, -0.2) is 22.4 Å². The molecule has 22 heavy (non-hydrogen) atoms. The monoisotopic (exact) mass is 296 g/mol. The molecule has 114 valence electrons. The second-order valence-electron chi connectivity index (χ2n) is 5.74. The molecule has 2 aromatic carbocycles. The van der Waals surface area contributed by atoms with Gasteiger partial charge in [0.25, 0.3) is 0 Å². The Bertz CT molecular complexity index is 763. The lowest BCUT2D eigenvalue weighted by atomic mass is 9.91. The highest BCUT2D eigenvalue weighted by molar-refractivity contribution is 5.83. The molecule has 3 aromatic rings. The number of aromatic amines is 1. The van der Waals surface area contributed by atoms with Gasteiger partial charge >= 0.3 is 0 Å². The van der Waals surface area contributed by atoms with E-state index in [1.807, 2.05) is 43.3 Å². The average molecular weight is 296 g/mol. The van der Waals surface area contributed by atoms with Gasteiger partial charge in [0.1, 0.15) is 11.4 Å². The minimum atomic E-state index is -0.975. The molecule has 0 fully saturated rings. The number of fused-ring (bicyclic) bond motifs is 1. The Morgan fingerprint density at radius 2 is 1.95 bits per heavy atom. The zero-order chi connectivity index (χ0) is 15.6. The Balaban J connectivity index is 1.88. The van der Waals surface area contributed by atoms with Crippen molar-refractivity contribution in [2.24, 2.45) is 0 Å². The highest BCUT2D eigenvalue weighted by Crippen LogP contribution is 2.32. The molecule has 0 spiro atoms. The summed E-state index contributed by atoms with van der Waals surface area (Å²) in [6.07, 6.45) is 1.42. The van der Waals surface area contributed by atoms with E-state index in [1.165, 1.54) is 5.56 Å². The first-order chi connectivity index (χ1) is 10.6. The maximum Gasteiger partial charge on any atom is 0.119 e. The molecule has 0 aliphatic rings. The Morgan fingerprint density at radius 3 is 2.68 bits per heavy atom. The molecule has 0 saturated carbocycles. The van der Waals surface area contributed by atoms with Crippen LogP contribution < -0.4 is 4.74 Å². The van der Waals surface area contributed by atoms with E-state index >= 15 is 0 Å². The van der Waals surface area contributed by atoms with Gasteiger partial charge in [0, 0.05) is 5.39 Å². The lowest BCUT2D eigenvalue weighted by Crippen LogP contribution is -2.23. The van der Waals surface area contributed by atoms with Gasteiger partial charge in [0.15, 0.2) is 0 Å². The van der Waals surface area contributed by atoms with Gasteiger partial charge in [0.2, 0.25) is 0 Å². The van der Waals surface area contributed by atoms with Crippen LogP contribution in [-0.2, 0) is 12.0 Å². The van der Waals surface area contributed by atoms with Crippen LogP contribution in [0.15, 0.2) is 48.5 Å². The second kappa shape index (κ2) is 5.81. The van der Waals surface area contributed by atoms with Crippen molar-refractivity contribution in [3.8, 4) is 5.75 Å². The van der Waals surface area contributed by atoms with Crippen LogP contribution in [0.2, 0.25) is 0 Å². The predicted molar refractivity (Wildman–Crippen MR) is 87.0 cm³/mol. The van der Waals surface area contributed by atoms with Gasteiger partial charge in [-0.1, -0.05) is 30.3 Å². The van der Waals surface area contributed by atoms with Crippen LogP contribution in [0.1, 0.15) is 24.6 Å². The zero-order valence-corrected chi connectivity index (χ0v) is 12.8. The average Bonchev–Trinajstić information content (AvgIpc) is 2.98. The summed E-state index contributed by atoms with van der Waals surface area (Å²) in [5.74, 6) is 0.758. The van der Waals surface area contributed by atoms with Crippen molar-refractivity contribution in [2.75, 3.05) is 7.11 Å². The molecule has 4 heteroatoms. The van der Waals surface area contributed by atoms with E-state index in [0.717, 1.165) is 28.8 Å². The first kappa shape index (κ1) is 14.6. The van der Waals surface area contributed by atoms with E-state index in [-0.39, 0.29) is 0 Å². The van der Waals surface area contributed by atoms with Crippen molar-refractivity contribution in [1.29, 1.82) is 0 Å². The SMILES string of the molecule is COc1ccc2n[nH]c(C(C)(O)CCc3ccccc3)c2c1. The van der Waals surface area contributed by atoms with Crippen LogP contribution in [0.25, 0.3) is 10.9 Å². The predicted octanol–water partition coefficient (Wildman–Crippen LogP) is 3.41. The Morgan fingerprint density at radius 1 is 1.18 bits per heavy atom. The third-order valence-corrected chi connectivity index (χ3v) is 4.04. The molecular formula is C18H20N2O2. The maximum absolute atomic E-state index is 10.9. The number of methoxy groups -OCH3 is 1. The number of aryl methyl sites for hydroxylation is 1. The molecule has 0 saturated heterocycles. The number of aliphatic hydroxyl groups is 1. The normalized spacial score (nSPS) is 14.0. The van der Waals surface area contributed by atoms with Crippen molar-refractivity contribution in [1.82, 2.24) is 10.2 Å². The summed E-state index contributed by atoms with van der Waals surface area (Å²) in [6.45, 7) is 1.82. The van der Waals surface area contributed by atoms with Crippen molar-refractivity contribution in [3.63, 3.8) is 0 Å². The summed E-state index contributed by atoms with van der Waals surface area (Å²) in [5, 5.41) is 19.0. The van der Waals surface area contributed by atoms with E-state index in [0.29, 0.717) is 6.42 Å². The summed E-state index contributed by atoms with van der Waals surface area (Å²) in [5.41, 5.74) is 1.80. The molecule has 1 aromatic heterocycles. The fourth-order valence-corrected chi connectivity index (χ4v) is 2.68. The second-order valence-corrected chi connectivity index (χ2v) is 5.74. The topological polar surface area (TPSA) is 58.1 Å². The molecule has 4 nitrogen and oxygen atoms in total. The number of H-pyrrole nitrogens is 1. The largest absolute Gasteiger partial charge is 0.497 e. The molecule has 0 bridgehead atoms. The maximum atomic E-state index is 10.9. The number of hydrogen-bond donors (Lipinski definition) is 2. The highest BCUT2D eigenvalue weighted by atomic mass is 16.5. The number of ether oxygens (including phenoxy) is 1. The fraction of sp³-hybridized carbons (Fsp3) is 0.278. The highest BCUT2D eigenvalue weighted by Gasteiger charge is 2.27. The Hall–Kier alpha value is -2.33. The molecule has 2 N–H and O–H groups in total. The molecule has 1 unspecified atom stereocenters. The third-order valence-electron chi connectivity index (χ3n) is 4.04. The molecule has 0 radical (unpaired) electrons. The van der Waals surface area contributed by atoms with E-state index in [2.05, 4.69) is 22.3 Å². The Labute approximate surface area is 129 Å². The summed E-state index contributed by atoms with van der Waals surface area (Å²) in [7, 11) is 1.63. The van der Waals surface area contributed by atoms with Crippen LogP contribution in [0, 0.1) is 0 Å². The number of nitrogens with one attached hydrogen (secondary N) is 1. The molecule has 3 rings (SSSR count). The van der Waals surface area contributed by atoms with Crippen molar-refractivity contribution in [3.05, 3.63) is 59.8 Å². The minimum absolute atomic E-state index is 0.617. The van der Waals surface area contributed by atoms with E-state index < -0.39 is 5.60 Å². The van der Waals surface area contributed by atoms with Gasteiger partial charge in [-0.3, -0.25) is 5.10 Å². The molecule has 0 aliphatic heterocycles. The van der Waals surface area contributed by atoms with Gasteiger partial charge in [0.05, 0.1) is 18.3 Å². The third kappa shape index (κ3) is 2.83. The quantitative estimate of drug-likeness (QED) is 0.758. The lowest BCUT2D eigenvalue weighted by molar-refractivity contribution is 0.0449. The smallest absolute Gasteiger partial charge is 0.119 e. The van der Waals surface area contributed by atoms with E-state index in [9.17, 15) is 5.11 Å². The first-order valence-corrected chi connectivity index (χ1v) is 7.39. The molecular weight excluding hydrogens is 276 g/mol. The molecule has 1 heterocycles. The van der Waals surface area contributed by atoms with Crippen molar-refractivity contribution in [2.45, 2.75) is 25.4 Å². The van der Waals surface area contributed by atoms with Crippen LogP contribution >= 0.6 is 0 Å². The number of aromatic nitrogens is 2. The number of hydrogen-bond acceptors (Lipinski definition) is 3. The van der Waals surface area contributed by atoms with Crippen molar-refractivity contribution >= 4 is 10.9 Å². The first-order valence-electron chi connectivity index (χ1n) is 7.39. The number of benzene rings is 2. The summed E-state index contributed by atoms with van der Waals surface area (Å²) in [6, 6.07) is 15.8. The standard InChI is InChI=1S/C18H20N2O2/c1-18(21,11-10-13-6-4-3-5-7-13)17-15-12-14(22-2)8-9-16(15)19-20-17/h3-9,12,21H,10-11H2,1-2H3,(H,19,20). The molecule has 0 aliphatic carbocycles. The van der Waals surface area contributed by atoms with Gasteiger partial charge in [-0.15, -0.1) is 0 Å². The van der Waals surface area contributed by atoms with Crippen molar-refractivity contribution < 1.29 is 9.84 Å². The molecule has 1 atom stereocenters. The van der Waals surface area contributed by atoms with Crippen LogP contribution in [0.3, 0.4) is 0 Å². The van der Waals surface area contributed by atoms with Crippen LogP contribution in [0.4, 0.5) is 0 Å². The van der Waals surface area contributed by atoms with Gasteiger partial charge in [-0.2, -0.15) is 5.10 Å². The number of nitrogens with zero attached hydrogens (tertiary/aromatic N) is 1. The Kier molecular flexibility index (Phi) is 3.86. The lowest BCUT2D eigenvalue weighted by Gasteiger charge is -2.22. The number of rotatable bonds is 5. The summed E-state index contributed by atoms with van der Waals surface area (Å²) >= 11 is 0. The van der Waals surface area contributed by atoms with Gasteiger partial charge in [-0.25, -0.2) is 0 Å². The fourth-order valence-electron chi connectivity index (χ4n) is 2.68. The van der Waals surface area contributed by atoms with E-state index in [1.54, 1.807) is 7.11 Å². The zero-order valence-electron chi connectivity index (χ0n) is 12.8. The summed E-state index contributed by atoms with van der Waals surface area (Å²) < 4.78 is 5.27. The van der Waals surface area contributed by atoms with Crippen LogP contribution in [0.5, 0.6) is 5.75 Å². The minimum Gasteiger partial charge on any atom is -0.497 e.